The monoisotopic (exact) mass is 437 g/mol. The number of aliphatic imine (C=N–C) groups is 1. The third kappa shape index (κ3) is 5.30. The molecule has 1 aromatic carbocycles. The van der Waals surface area contributed by atoms with Crippen LogP contribution in [-0.2, 0) is 6.54 Å². The number of nitrogens with zero attached hydrogens (tertiary/aromatic N) is 2. The van der Waals surface area contributed by atoms with Gasteiger partial charge in [0.25, 0.3) is 0 Å². The van der Waals surface area contributed by atoms with Crippen molar-refractivity contribution < 1.29 is 0 Å². The van der Waals surface area contributed by atoms with Crippen molar-refractivity contribution in [1.29, 1.82) is 0 Å². The lowest BCUT2D eigenvalue weighted by atomic mass is 10.2. The van der Waals surface area contributed by atoms with Crippen LogP contribution in [0.25, 0.3) is 0 Å². The molecule has 19 heavy (non-hydrogen) atoms. The van der Waals surface area contributed by atoms with Crippen LogP contribution >= 0.6 is 39.9 Å². The van der Waals surface area contributed by atoms with Gasteiger partial charge in [0.15, 0.2) is 5.96 Å². The molecular weight excluding hydrogens is 417 g/mol. The summed E-state index contributed by atoms with van der Waals surface area (Å²) in [5.74, 6) is 1.83. The molecule has 1 aromatic rings. The minimum Gasteiger partial charge on any atom is -0.356 e. The average Bonchev–Trinajstić information content (AvgIpc) is 3.17. The summed E-state index contributed by atoms with van der Waals surface area (Å²) in [6, 6.07) is 8.31. The Kier molecular flexibility index (Phi) is 7.13. The molecule has 0 radical (unpaired) electrons. The Labute approximate surface area is 141 Å². The lowest BCUT2D eigenvalue weighted by Crippen LogP contribution is -2.39. The van der Waals surface area contributed by atoms with Crippen LogP contribution in [0.5, 0.6) is 0 Å². The summed E-state index contributed by atoms with van der Waals surface area (Å²) in [5, 5.41) is 3.43. The number of hydrogen-bond acceptors (Lipinski definition) is 1. The van der Waals surface area contributed by atoms with Crippen molar-refractivity contribution in [3.05, 3.63) is 34.3 Å². The van der Waals surface area contributed by atoms with Crippen LogP contribution in [0, 0.1) is 5.92 Å². The normalized spacial score (nSPS) is 14.8. The van der Waals surface area contributed by atoms with Gasteiger partial charge in [-0.1, -0.05) is 34.1 Å². The molecule has 0 saturated heterocycles. The second-order valence-corrected chi connectivity index (χ2v) is 5.67. The topological polar surface area (TPSA) is 27.6 Å². The molecule has 1 aliphatic rings. The number of guanidine groups is 1. The van der Waals surface area contributed by atoms with E-state index in [-0.39, 0.29) is 24.0 Å². The van der Waals surface area contributed by atoms with E-state index in [9.17, 15) is 0 Å². The minimum atomic E-state index is 0. The number of rotatable bonds is 4. The fraction of sp³-hybridized carbons (Fsp3) is 0.500. The molecule has 5 heteroatoms. The lowest BCUT2D eigenvalue weighted by Gasteiger charge is -2.22. The van der Waals surface area contributed by atoms with Crippen LogP contribution < -0.4 is 5.32 Å². The van der Waals surface area contributed by atoms with Gasteiger partial charge in [0.1, 0.15) is 0 Å². The standard InChI is InChI=1S/C14H20BrN3.HI/c1-16-14(17-9-11-7-8-11)18(2)10-12-5-3-4-6-13(12)15;/h3-6,11H,7-10H2,1-2H3,(H,16,17);1H. The molecule has 0 bridgehead atoms. The highest BCUT2D eigenvalue weighted by molar-refractivity contribution is 14.0. The van der Waals surface area contributed by atoms with Gasteiger partial charge >= 0.3 is 0 Å². The first kappa shape index (κ1) is 16.8. The molecule has 0 spiro atoms. The number of hydrogen-bond donors (Lipinski definition) is 1. The molecule has 2 rings (SSSR count). The van der Waals surface area contributed by atoms with Crippen molar-refractivity contribution in [2.24, 2.45) is 10.9 Å². The molecular formula is C14H21BrIN3. The molecule has 1 N–H and O–H groups in total. The summed E-state index contributed by atoms with van der Waals surface area (Å²) in [5.41, 5.74) is 1.27. The Bertz CT molecular complexity index is 432. The maximum Gasteiger partial charge on any atom is 0.193 e. The van der Waals surface area contributed by atoms with Crippen LogP contribution in [0.3, 0.4) is 0 Å². The quantitative estimate of drug-likeness (QED) is 0.443. The van der Waals surface area contributed by atoms with Gasteiger partial charge in [-0.15, -0.1) is 24.0 Å². The van der Waals surface area contributed by atoms with E-state index in [1.165, 1.54) is 18.4 Å². The highest BCUT2D eigenvalue weighted by Crippen LogP contribution is 2.27. The SMILES string of the molecule is CN=C(NCC1CC1)N(C)Cc1ccccc1Br.I. The molecule has 0 unspecified atom stereocenters. The second kappa shape index (κ2) is 8.09. The molecule has 3 nitrogen and oxygen atoms in total. The minimum absolute atomic E-state index is 0. The summed E-state index contributed by atoms with van der Waals surface area (Å²) in [7, 11) is 3.91. The van der Waals surface area contributed by atoms with Crippen LogP contribution in [0.2, 0.25) is 0 Å². The van der Waals surface area contributed by atoms with E-state index in [1.807, 2.05) is 13.1 Å². The Balaban J connectivity index is 0.00000180. The summed E-state index contributed by atoms with van der Waals surface area (Å²) < 4.78 is 1.15. The number of nitrogens with one attached hydrogen (secondary N) is 1. The average molecular weight is 438 g/mol. The van der Waals surface area contributed by atoms with Gasteiger partial charge in [-0.2, -0.15) is 0 Å². The van der Waals surface area contributed by atoms with E-state index in [0.29, 0.717) is 0 Å². The molecule has 0 aromatic heterocycles. The zero-order valence-electron chi connectivity index (χ0n) is 11.4. The maximum atomic E-state index is 4.33. The maximum absolute atomic E-state index is 4.33. The number of halogens is 2. The summed E-state index contributed by atoms with van der Waals surface area (Å²) in [4.78, 5) is 6.48. The summed E-state index contributed by atoms with van der Waals surface area (Å²) >= 11 is 3.58. The van der Waals surface area contributed by atoms with E-state index in [2.05, 4.69) is 56.4 Å². The van der Waals surface area contributed by atoms with E-state index in [1.54, 1.807) is 0 Å². The number of benzene rings is 1. The van der Waals surface area contributed by atoms with Gasteiger partial charge in [-0.25, -0.2) is 0 Å². The predicted octanol–water partition coefficient (Wildman–Crippen LogP) is 3.48. The van der Waals surface area contributed by atoms with Gasteiger partial charge in [0, 0.05) is 31.7 Å². The van der Waals surface area contributed by atoms with Gasteiger partial charge in [0.2, 0.25) is 0 Å². The molecule has 0 amide bonds. The molecule has 0 atom stereocenters. The molecule has 1 saturated carbocycles. The van der Waals surface area contributed by atoms with Crippen LogP contribution in [0.15, 0.2) is 33.7 Å². The zero-order valence-corrected chi connectivity index (χ0v) is 15.3. The van der Waals surface area contributed by atoms with Crippen molar-refractivity contribution in [3.63, 3.8) is 0 Å². The van der Waals surface area contributed by atoms with Gasteiger partial charge in [-0.05, 0) is 30.4 Å². The van der Waals surface area contributed by atoms with E-state index in [4.69, 9.17) is 0 Å². The zero-order chi connectivity index (χ0) is 13.0. The highest BCUT2D eigenvalue weighted by Gasteiger charge is 2.21. The Morgan fingerprint density at radius 2 is 2.11 bits per heavy atom. The summed E-state index contributed by atoms with van der Waals surface area (Å²) in [6.45, 7) is 1.90. The third-order valence-corrected chi connectivity index (χ3v) is 3.96. The van der Waals surface area contributed by atoms with Crippen molar-refractivity contribution >= 4 is 45.9 Å². The Morgan fingerprint density at radius 3 is 2.68 bits per heavy atom. The van der Waals surface area contributed by atoms with Crippen molar-refractivity contribution in [3.8, 4) is 0 Å². The van der Waals surface area contributed by atoms with E-state index >= 15 is 0 Å². The Hall–Kier alpha value is -0.300. The van der Waals surface area contributed by atoms with Crippen molar-refractivity contribution in [2.45, 2.75) is 19.4 Å². The highest BCUT2D eigenvalue weighted by atomic mass is 127. The van der Waals surface area contributed by atoms with Crippen LogP contribution in [0.4, 0.5) is 0 Å². The fourth-order valence-corrected chi connectivity index (χ4v) is 2.31. The van der Waals surface area contributed by atoms with Crippen molar-refractivity contribution in [2.75, 3.05) is 20.6 Å². The van der Waals surface area contributed by atoms with Gasteiger partial charge in [0.05, 0.1) is 0 Å². The molecule has 0 aliphatic heterocycles. The first-order valence-electron chi connectivity index (χ1n) is 6.36. The molecule has 1 aliphatic carbocycles. The van der Waals surface area contributed by atoms with Gasteiger partial charge in [-0.3, -0.25) is 4.99 Å². The second-order valence-electron chi connectivity index (χ2n) is 4.82. The van der Waals surface area contributed by atoms with Crippen LogP contribution in [-0.4, -0.2) is 31.5 Å². The third-order valence-electron chi connectivity index (χ3n) is 3.18. The van der Waals surface area contributed by atoms with Crippen LogP contribution in [0.1, 0.15) is 18.4 Å². The van der Waals surface area contributed by atoms with Gasteiger partial charge < -0.3 is 10.2 Å². The molecule has 1 fully saturated rings. The van der Waals surface area contributed by atoms with E-state index < -0.39 is 0 Å². The first-order valence-corrected chi connectivity index (χ1v) is 7.15. The smallest absolute Gasteiger partial charge is 0.193 e. The summed E-state index contributed by atoms with van der Waals surface area (Å²) in [6.07, 6.45) is 2.72. The fourth-order valence-electron chi connectivity index (χ4n) is 1.90. The van der Waals surface area contributed by atoms with Crippen molar-refractivity contribution in [1.82, 2.24) is 10.2 Å². The Morgan fingerprint density at radius 1 is 1.42 bits per heavy atom. The first-order chi connectivity index (χ1) is 8.70. The molecule has 106 valence electrons. The largest absolute Gasteiger partial charge is 0.356 e. The lowest BCUT2D eigenvalue weighted by molar-refractivity contribution is 0.473. The van der Waals surface area contributed by atoms with E-state index in [0.717, 1.165) is 29.4 Å². The molecule has 0 heterocycles. The predicted molar refractivity (Wildman–Crippen MR) is 95.1 cm³/mol.